The van der Waals surface area contributed by atoms with Crippen molar-refractivity contribution >= 4 is 26.8 Å². The van der Waals surface area contributed by atoms with Crippen molar-refractivity contribution in [2.24, 2.45) is 0 Å². The molecule has 0 unspecified atom stereocenters. The number of ether oxygens (including phenoxy) is 9. The molecule has 0 aromatic heterocycles. The summed E-state index contributed by atoms with van der Waals surface area (Å²) in [5.74, 6) is 0. The van der Waals surface area contributed by atoms with Crippen molar-refractivity contribution in [2.45, 2.75) is 77.8 Å². The van der Waals surface area contributed by atoms with Gasteiger partial charge in [-0.2, -0.15) is 8.42 Å². The van der Waals surface area contributed by atoms with Gasteiger partial charge in [-0.05, 0) is 36.3 Å². The van der Waals surface area contributed by atoms with Gasteiger partial charge in [0.15, 0.2) is 16.6 Å². The van der Waals surface area contributed by atoms with E-state index in [-0.39, 0.29) is 43.1 Å². The van der Waals surface area contributed by atoms with Crippen LogP contribution in [-0.2, 0) is 65.8 Å². The van der Waals surface area contributed by atoms with Gasteiger partial charge in [0.2, 0.25) is 0 Å². The van der Waals surface area contributed by atoms with Gasteiger partial charge < -0.3 is 66.8 Å². The number of hydrogen-bond donors (Lipinski definition) is 3. The molecule has 0 aliphatic heterocycles. The lowest BCUT2D eigenvalue weighted by atomic mass is 10.2. The molecule has 20 heteroatoms. The Balaban J connectivity index is -0.000000801. The van der Waals surface area contributed by atoms with E-state index in [0.717, 1.165) is 6.26 Å². The van der Waals surface area contributed by atoms with Crippen molar-refractivity contribution in [3.05, 3.63) is 0 Å². The molecular weight excluding hydrogens is 805 g/mol. The van der Waals surface area contributed by atoms with E-state index in [1.165, 1.54) is 0 Å². The molecule has 0 amide bonds. The summed E-state index contributed by atoms with van der Waals surface area (Å²) in [6.45, 7) is 32.1. The van der Waals surface area contributed by atoms with E-state index in [2.05, 4.69) is 71.9 Å². The first-order valence-corrected chi connectivity index (χ1v) is 27.5. The summed E-state index contributed by atoms with van der Waals surface area (Å²) >= 11 is 0. The number of hydrogen-bond acceptors (Lipinski definition) is 17. The van der Waals surface area contributed by atoms with Crippen LogP contribution in [0, 0.1) is 0 Å². The smallest absolute Gasteiger partial charge is 0.264 e. The summed E-state index contributed by atoms with van der Waals surface area (Å²) in [6, 6.07) is 0. The number of aliphatic hydroxyl groups is 3. The molecular formula is C37H84O17SSi2. The van der Waals surface area contributed by atoms with Crippen LogP contribution < -0.4 is 0 Å². The normalized spacial score (nSPS) is 12.6. The molecule has 348 valence electrons. The molecule has 3 N–H and O–H groups in total. The minimum absolute atomic E-state index is 0.0240. The van der Waals surface area contributed by atoms with E-state index in [9.17, 15) is 8.42 Å². The van der Waals surface area contributed by atoms with E-state index < -0.39 is 26.8 Å². The highest BCUT2D eigenvalue weighted by Gasteiger charge is 2.37. The van der Waals surface area contributed by atoms with Crippen molar-refractivity contribution in [2.75, 3.05) is 165 Å². The van der Waals surface area contributed by atoms with Gasteiger partial charge in [0.1, 0.15) is 0 Å². The highest BCUT2D eigenvalue weighted by Crippen LogP contribution is 2.37. The number of rotatable bonds is 36. The monoisotopic (exact) mass is 888 g/mol. The second kappa shape index (κ2) is 38.7. The second-order valence-corrected chi connectivity index (χ2v) is 26.7. The maximum absolute atomic E-state index is 10.7. The molecule has 57 heavy (non-hydrogen) atoms. The Hall–Kier alpha value is -0.216. The molecule has 0 radical (unpaired) electrons. The van der Waals surface area contributed by atoms with Crippen molar-refractivity contribution < 1.29 is 79.4 Å². The largest absolute Gasteiger partial charge is 0.414 e. The zero-order valence-corrected chi connectivity index (χ0v) is 40.3. The predicted molar refractivity (Wildman–Crippen MR) is 226 cm³/mol. The minimum Gasteiger partial charge on any atom is -0.414 e. The van der Waals surface area contributed by atoms with E-state index in [0.29, 0.717) is 126 Å². The summed E-state index contributed by atoms with van der Waals surface area (Å²) < 4.78 is 84.8. The van der Waals surface area contributed by atoms with Gasteiger partial charge in [0, 0.05) is 0 Å². The van der Waals surface area contributed by atoms with E-state index in [4.69, 9.17) is 66.8 Å². The Labute approximate surface area is 347 Å². The molecule has 17 nitrogen and oxygen atoms in total. The van der Waals surface area contributed by atoms with Gasteiger partial charge in [-0.1, -0.05) is 41.5 Å². The van der Waals surface area contributed by atoms with Gasteiger partial charge in [-0.3, -0.25) is 4.18 Å². The topological polar surface area (TPSA) is 206 Å². The second-order valence-electron chi connectivity index (χ2n) is 15.4. The molecule has 0 heterocycles. The zero-order chi connectivity index (χ0) is 44.0. The summed E-state index contributed by atoms with van der Waals surface area (Å²) in [6.07, 6.45) is 1.01. The Bertz CT molecular complexity index is 940. The fraction of sp³-hybridized carbons (Fsp3) is 1.00. The lowest BCUT2D eigenvalue weighted by Gasteiger charge is -2.36. The molecule has 0 atom stereocenters. The van der Waals surface area contributed by atoms with Crippen LogP contribution in [0.1, 0.15) is 41.5 Å². The molecule has 0 bridgehead atoms. The maximum Gasteiger partial charge on any atom is 0.264 e. The van der Waals surface area contributed by atoms with Crippen molar-refractivity contribution in [1.29, 1.82) is 0 Å². The molecule has 0 saturated carbocycles. The van der Waals surface area contributed by atoms with E-state index >= 15 is 0 Å². The zero-order valence-electron chi connectivity index (χ0n) is 37.4. The SMILES string of the molecule is CC(C)(C)[Si](C)(C)OCCOCCOCCOCCO.CC(C)(C)[Si](C)(C)OCCOCCOCCOCCOS(C)(=O)=O.OCCOCCOCCOCCO. The molecule has 0 fully saturated rings. The Kier molecular flexibility index (Phi) is 41.5. The van der Waals surface area contributed by atoms with Crippen LogP contribution in [-0.4, -0.2) is 205 Å². The van der Waals surface area contributed by atoms with Gasteiger partial charge in [0.25, 0.3) is 10.1 Å². The molecule has 0 aliphatic carbocycles. The Morgan fingerprint density at radius 3 is 0.754 bits per heavy atom. The van der Waals surface area contributed by atoms with Crippen LogP contribution >= 0.6 is 0 Å². The molecule has 0 aromatic rings. The fourth-order valence-corrected chi connectivity index (χ4v) is 5.63. The van der Waals surface area contributed by atoms with Crippen LogP contribution in [0.3, 0.4) is 0 Å². The van der Waals surface area contributed by atoms with Crippen LogP contribution in [0.15, 0.2) is 0 Å². The summed E-state index contributed by atoms with van der Waals surface area (Å²) in [4.78, 5) is 0. The van der Waals surface area contributed by atoms with Gasteiger partial charge >= 0.3 is 0 Å². The van der Waals surface area contributed by atoms with Crippen molar-refractivity contribution in [3.8, 4) is 0 Å². The highest BCUT2D eigenvalue weighted by atomic mass is 32.2. The fourth-order valence-electron chi connectivity index (χ4n) is 3.21. The van der Waals surface area contributed by atoms with Gasteiger partial charge in [-0.25, -0.2) is 0 Å². The molecule has 0 saturated heterocycles. The number of aliphatic hydroxyl groups excluding tert-OH is 3. The van der Waals surface area contributed by atoms with Crippen LogP contribution in [0.4, 0.5) is 0 Å². The first-order valence-electron chi connectivity index (χ1n) is 19.8. The average molecular weight is 889 g/mol. The minimum atomic E-state index is -3.39. The lowest BCUT2D eigenvalue weighted by molar-refractivity contribution is 0.00230. The van der Waals surface area contributed by atoms with Gasteiger partial charge in [-0.15, -0.1) is 0 Å². The summed E-state index contributed by atoms with van der Waals surface area (Å²) in [5, 5.41) is 25.7. The summed E-state index contributed by atoms with van der Waals surface area (Å²) in [7, 11) is -6.73. The Morgan fingerprint density at radius 2 is 0.561 bits per heavy atom. The standard InChI is InChI=1S/C15H34O7SSi.C14H32O5Si.C8H18O5/c1-15(2,3)24(5,6)22-14-12-20-10-8-18-7-9-19-11-13-21-23(4,16)17;1-14(2,3)20(4,5)19-13-12-18-11-10-17-9-8-16-7-6-15;9-1-3-11-5-7-13-8-6-12-4-2-10/h7-14H2,1-6H3;15H,6-13H2,1-5H3;9-10H,1-8H2. The average Bonchev–Trinajstić information content (AvgIpc) is 3.11. The third-order valence-electron chi connectivity index (χ3n) is 8.46. The third-order valence-corrected chi connectivity index (χ3v) is 18.1. The highest BCUT2D eigenvalue weighted by molar-refractivity contribution is 7.85. The summed E-state index contributed by atoms with van der Waals surface area (Å²) in [5.41, 5.74) is 0. The first kappa shape index (κ1) is 61.1. The quantitative estimate of drug-likeness (QED) is 0.0470. The van der Waals surface area contributed by atoms with Crippen LogP contribution in [0.5, 0.6) is 0 Å². The van der Waals surface area contributed by atoms with Crippen molar-refractivity contribution in [3.63, 3.8) is 0 Å². The predicted octanol–water partition coefficient (Wildman–Crippen LogP) is 3.11. The third kappa shape index (κ3) is 45.1. The van der Waals surface area contributed by atoms with E-state index in [1.54, 1.807) is 0 Å². The lowest BCUT2D eigenvalue weighted by Crippen LogP contribution is -2.41. The van der Waals surface area contributed by atoms with E-state index in [1.807, 2.05) is 0 Å². The molecule has 0 aliphatic rings. The van der Waals surface area contributed by atoms with Crippen molar-refractivity contribution in [1.82, 2.24) is 0 Å². The van der Waals surface area contributed by atoms with Gasteiger partial charge in [0.05, 0.1) is 165 Å². The molecule has 0 rings (SSSR count). The Morgan fingerprint density at radius 1 is 0.368 bits per heavy atom. The maximum atomic E-state index is 10.7. The first-order chi connectivity index (χ1) is 26.7. The van der Waals surface area contributed by atoms with Crippen LogP contribution in [0.2, 0.25) is 36.3 Å². The molecule has 0 aromatic carbocycles. The van der Waals surface area contributed by atoms with Crippen LogP contribution in [0.25, 0.3) is 0 Å². The molecule has 0 spiro atoms.